The van der Waals surface area contributed by atoms with E-state index >= 15 is 0 Å². The van der Waals surface area contributed by atoms with Crippen LogP contribution in [0.5, 0.6) is 0 Å². The zero-order valence-corrected chi connectivity index (χ0v) is 13.8. The lowest BCUT2D eigenvalue weighted by atomic mass is 9.87. The Morgan fingerprint density at radius 1 is 1.33 bits per heavy atom. The molecule has 1 N–H and O–H groups in total. The van der Waals surface area contributed by atoms with Crippen molar-refractivity contribution in [3.63, 3.8) is 0 Å². The number of nitrogens with zero attached hydrogens (tertiary/aromatic N) is 3. The van der Waals surface area contributed by atoms with Gasteiger partial charge in [-0.15, -0.1) is 0 Å². The second-order valence-corrected chi connectivity index (χ2v) is 6.35. The summed E-state index contributed by atoms with van der Waals surface area (Å²) in [6.45, 7) is 8.60. The smallest absolute Gasteiger partial charge is 0.332 e. The Hall–Kier alpha value is -1.43. The maximum Gasteiger partial charge on any atom is 0.332 e. The van der Waals surface area contributed by atoms with Crippen LogP contribution < -0.4 is 5.32 Å². The Balaban J connectivity index is 2.81. The van der Waals surface area contributed by atoms with Gasteiger partial charge < -0.3 is 5.32 Å². The van der Waals surface area contributed by atoms with Gasteiger partial charge in [-0.2, -0.15) is 4.98 Å². The molecule has 6 nitrogen and oxygen atoms in total. The van der Waals surface area contributed by atoms with Crippen LogP contribution in [0.2, 0.25) is 5.28 Å². The third-order valence-electron chi connectivity index (χ3n) is 3.41. The lowest BCUT2D eigenvalue weighted by Crippen LogP contribution is -2.24. The highest BCUT2D eigenvalue weighted by atomic mass is 35.5. The van der Waals surface area contributed by atoms with E-state index in [-0.39, 0.29) is 27.9 Å². The lowest BCUT2D eigenvalue weighted by molar-refractivity contribution is -0.385. The summed E-state index contributed by atoms with van der Waals surface area (Å²) in [6, 6.07) is 0. The normalized spacial score (nSPS) is 11.5. The fraction of sp³-hybridized carbons (Fsp3) is 0.714. The molecule has 21 heavy (non-hydrogen) atoms. The number of nitro groups is 1. The van der Waals surface area contributed by atoms with Crippen molar-refractivity contribution >= 4 is 23.1 Å². The Kier molecular flexibility index (Phi) is 6.33. The monoisotopic (exact) mass is 314 g/mol. The van der Waals surface area contributed by atoms with Crippen LogP contribution in [0.25, 0.3) is 0 Å². The van der Waals surface area contributed by atoms with E-state index in [9.17, 15) is 10.1 Å². The van der Waals surface area contributed by atoms with Gasteiger partial charge in [-0.1, -0.05) is 40.0 Å². The van der Waals surface area contributed by atoms with Crippen molar-refractivity contribution in [2.24, 2.45) is 5.41 Å². The highest BCUT2D eigenvalue weighted by Gasteiger charge is 2.24. The molecular weight excluding hydrogens is 292 g/mol. The van der Waals surface area contributed by atoms with Crippen LogP contribution in [-0.4, -0.2) is 21.4 Å². The number of anilines is 1. The molecule has 1 heterocycles. The molecule has 1 aromatic rings. The molecule has 0 fully saturated rings. The minimum absolute atomic E-state index is 0.0180. The van der Waals surface area contributed by atoms with Gasteiger partial charge in [-0.3, -0.25) is 10.1 Å². The number of rotatable bonds is 8. The predicted octanol–water partition coefficient (Wildman–Crippen LogP) is 4.37. The Morgan fingerprint density at radius 2 is 2.00 bits per heavy atom. The zero-order valence-electron chi connectivity index (χ0n) is 13.1. The van der Waals surface area contributed by atoms with Crippen molar-refractivity contribution in [3.05, 3.63) is 21.1 Å². The van der Waals surface area contributed by atoms with Gasteiger partial charge in [-0.05, 0) is 30.4 Å². The number of unbranched alkanes of at least 4 members (excludes halogenated alkanes) is 2. The number of hydrogen-bond acceptors (Lipinski definition) is 5. The third kappa shape index (κ3) is 5.46. The second kappa shape index (κ2) is 7.54. The summed E-state index contributed by atoms with van der Waals surface area (Å²) in [5.74, 6) is 0.195. The summed E-state index contributed by atoms with van der Waals surface area (Å²) < 4.78 is 0. The van der Waals surface area contributed by atoms with Crippen molar-refractivity contribution in [1.82, 2.24) is 9.97 Å². The average molecular weight is 315 g/mol. The van der Waals surface area contributed by atoms with Crippen molar-refractivity contribution in [2.75, 3.05) is 11.9 Å². The lowest BCUT2D eigenvalue weighted by Gasteiger charge is -2.25. The van der Waals surface area contributed by atoms with E-state index in [4.69, 9.17) is 11.6 Å². The van der Waals surface area contributed by atoms with E-state index in [1.807, 2.05) is 0 Å². The van der Waals surface area contributed by atoms with Crippen LogP contribution in [0, 0.1) is 22.5 Å². The van der Waals surface area contributed by atoms with Gasteiger partial charge >= 0.3 is 5.69 Å². The van der Waals surface area contributed by atoms with Crippen molar-refractivity contribution in [2.45, 2.75) is 53.4 Å². The first-order chi connectivity index (χ1) is 9.76. The maximum absolute atomic E-state index is 11.1. The molecule has 1 aromatic heterocycles. The average Bonchev–Trinajstić information content (AvgIpc) is 2.35. The Bertz CT molecular complexity index is 506. The van der Waals surface area contributed by atoms with Crippen molar-refractivity contribution in [3.8, 4) is 0 Å². The summed E-state index contributed by atoms with van der Waals surface area (Å²) in [7, 11) is 0. The molecule has 0 saturated heterocycles. The fourth-order valence-electron chi connectivity index (χ4n) is 2.14. The van der Waals surface area contributed by atoms with Crippen LogP contribution in [0.15, 0.2) is 0 Å². The summed E-state index contributed by atoms with van der Waals surface area (Å²) >= 11 is 5.79. The summed E-state index contributed by atoms with van der Waals surface area (Å²) in [5, 5.41) is 14.2. The van der Waals surface area contributed by atoms with Gasteiger partial charge in [0.1, 0.15) is 5.69 Å². The largest absolute Gasteiger partial charge is 0.364 e. The number of hydrogen-bond donors (Lipinski definition) is 1. The number of halogens is 1. The molecule has 1 rings (SSSR count). The van der Waals surface area contributed by atoms with Crippen LogP contribution in [0.4, 0.5) is 11.5 Å². The molecule has 0 aliphatic rings. The van der Waals surface area contributed by atoms with Gasteiger partial charge in [-0.25, -0.2) is 4.98 Å². The van der Waals surface area contributed by atoms with E-state index in [1.165, 1.54) is 12.8 Å². The van der Waals surface area contributed by atoms with Crippen LogP contribution in [0.1, 0.15) is 52.1 Å². The Morgan fingerprint density at radius 3 is 2.57 bits per heavy atom. The first-order valence-electron chi connectivity index (χ1n) is 7.19. The zero-order chi connectivity index (χ0) is 16.0. The molecule has 7 heteroatoms. The van der Waals surface area contributed by atoms with Gasteiger partial charge in [0.05, 0.1) is 4.92 Å². The van der Waals surface area contributed by atoms with E-state index in [0.29, 0.717) is 6.54 Å². The molecular formula is C14H23ClN4O2. The molecule has 0 radical (unpaired) electrons. The molecule has 0 amide bonds. The maximum atomic E-state index is 11.1. The van der Waals surface area contributed by atoms with E-state index in [2.05, 4.69) is 36.1 Å². The molecule has 0 aromatic carbocycles. The molecule has 0 spiro atoms. The quantitative estimate of drug-likeness (QED) is 0.333. The number of aromatic nitrogens is 2. The summed E-state index contributed by atoms with van der Waals surface area (Å²) in [4.78, 5) is 18.4. The molecule has 0 aliphatic heterocycles. The number of nitrogens with one attached hydrogen (secondary N) is 1. The van der Waals surface area contributed by atoms with Crippen LogP contribution >= 0.6 is 11.6 Å². The summed E-state index contributed by atoms with van der Waals surface area (Å²) in [5.41, 5.74) is 0.198. The van der Waals surface area contributed by atoms with Crippen LogP contribution in [0.3, 0.4) is 0 Å². The van der Waals surface area contributed by atoms with Crippen LogP contribution in [-0.2, 0) is 0 Å². The Labute approximate surface area is 130 Å². The first kappa shape index (κ1) is 17.6. The van der Waals surface area contributed by atoms with Gasteiger partial charge in [0, 0.05) is 6.54 Å². The van der Waals surface area contributed by atoms with Gasteiger partial charge in [0.25, 0.3) is 0 Å². The molecule has 0 bridgehead atoms. The highest BCUT2D eigenvalue weighted by Crippen LogP contribution is 2.29. The van der Waals surface area contributed by atoms with Crippen molar-refractivity contribution in [1.29, 1.82) is 0 Å². The van der Waals surface area contributed by atoms with E-state index in [0.717, 1.165) is 12.8 Å². The highest BCUT2D eigenvalue weighted by molar-refractivity contribution is 6.28. The van der Waals surface area contributed by atoms with Gasteiger partial charge in [0.2, 0.25) is 11.1 Å². The number of aryl methyl sites for hydroxylation is 1. The first-order valence-corrected chi connectivity index (χ1v) is 7.57. The topological polar surface area (TPSA) is 81.0 Å². The molecule has 0 aliphatic carbocycles. The van der Waals surface area contributed by atoms with E-state index in [1.54, 1.807) is 6.92 Å². The van der Waals surface area contributed by atoms with Gasteiger partial charge in [0.15, 0.2) is 0 Å². The molecule has 0 unspecified atom stereocenters. The second-order valence-electron chi connectivity index (χ2n) is 6.01. The molecule has 118 valence electrons. The minimum Gasteiger partial charge on any atom is -0.364 e. The third-order valence-corrected chi connectivity index (χ3v) is 3.57. The summed E-state index contributed by atoms with van der Waals surface area (Å²) in [6.07, 6.45) is 4.58. The predicted molar refractivity (Wildman–Crippen MR) is 84.8 cm³/mol. The SMILES string of the molecule is CCCCCC(C)(C)CNc1nc(Cl)nc(C)c1[N+](=O)[O-]. The molecule has 0 atom stereocenters. The standard InChI is InChI=1S/C14H23ClN4O2/c1-5-6-7-8-14(3,4)9-16-12-11(19(20)21)10(2)17-13(15)18-12/h5-9H2,1-4H3,(H,16,17,18). The minimum atomic E-state index is -0.474. The molecule has 0 saturated carbocycles. The fourth-order valence-corrected chi connectivity index (χ4v) is 2.35. The van der Waals surface area contributed by atoms with E-state index < -0.39 is 4.92 Å². The van der Waals surface area contributed by atoms with Crippen molar-refractivity contribution < 1.29 is 4.92 Å².